The predicted octanol–water partition coefficient (Wildman–Crippen LogP) is 4.92. The molecule has 1 N–H and O–H groups in total. The third-order valence-corrected chi connectivity index (χ3v) is 6.63. The molecule has 2 aromatic heterocycles. The van der Waals surface area contributed by atoms with Gasteiger partial charge in [-0.1, -0.05) is 29.3 Å². The number of anilines is 3. The molecule has 180 valence electrons. The molecule has 0 bridgehead atoms. The molecule has 1 aliphatic heterocycles. The number of aromatic nitrogens is 3. The number of aryl methyl sites for hydroxylation is 1. The van der Waals surface area contributed by atoms with Crippen molar-refractivity contribution in [3.63, 3.8) is 0 Å². The first-order valence-corrected chi connectivity index (χ1v) is 11.9. The van der Waals surface area contributed by atoms with Crippen LogP contribution < -0.4 is 20.5 Å². The van der Waals surface area contributed by atoms with E-state index in [1.54, 1.807) is 37.5 Å². The van der Waals surface area contributed by atoms with E-state index in [0.717, 1.165) is 31.9 Å². The van der Waals surface area contributed by atoms with Gasteiger partial charge < -0.3 is 19.9 Å². The van der Waals surface area contributed by atoms with E-state index in [0.29, 0.717) is 27.0 Å². The van der Waals surface area contributed by atoms with Crippen LogP contribution in [0.3, 0.4) is 0 Å². The number of hydrogen-bond acceptors (Lipinski definition) is 7. The Bertz CT molecular complexity index is 1410. The van der Waals surface area contributed by atoms with E-state index in [1.165, 1.54) is 10.3 Å². The van der Waals surface area contributed by atoms with Gasteiger partial charge in [0.15, 0.2) is 11.5 Å². The number of nitrogens with zero attached hydrogens (tertiary/aromatic N) is 5. The number of hydrogen-bond donors (Lipinski definition) is 1. The largest absolute Gasteiger partial charge is 0.448 e. The summed E-state index contributed by atoms with van der Waals surface area (Å²) in [4.78, 5) is 26.6. The minimum absolute atomic E-state index is 0.0822. The van der Waals surface area contributed by atoms with E-state index < -0.39 is 0 Å². The summed E-state index contributed by atoms with van der Waals surface area (Å²) in [6.07, 6.45) is 1.64. The second-order valence-corrected chi connectivity index (χ2v) is 9.27. The van der Waals surface area contributed by atoms with Crippen molar-refractivity contribution in [3.05, 3.63) is 75.1 Å². The van der Waals surface area contributed by atoms with Crippen LogP contribution in [0.2, 0.25) is 10.0 Å². The van der Waals surface area contributed by atoms with Crippen LogP contribution in [0.5, 0.6) is 11.5 Å². The normalized spacial score (nSPS) is 14.3. The van der Waals surface area contributed by atoms with Crippen molar-refractivity contribution in [2.24, 2.45) is 7.05 Å². The van der Waals surface area contributed by atoms with Gasteiger partial charge in [0, 0.05) is 56.2 Å². The standard InChI is InChI=1S/C25H24Cl2N6O2/c1-31-10-12-33(13-11-31)18-8-6-17(7-9-18)29-25-28-15-16-14-21(24(34)32(2)23(16)30-25)35-22-19(26)4-3-5-20(22)27/h3-9,14-15H,10-13H2,1-2H3,(H,28,29,30). The minimum Gasteiger partial charge on any atom is -0.448 e. The maximum absolute atomic E-state index is 13.0. The van der Waals surface area contributed by atoms with Crippen molar-refractivity contribution in [2.45, 2.75) is 0 Å². The Balaban J connectivity index is 1.37. The summed E-state index contributed by atoms with van der Waals surface area (Å²) in [5.41, 5.74) is 2.16. The highest BCUT2D eigenvalue weighted by molar-refractivity contribution is 6.37. The lowest BCUT2D eigenvalue weighted by molar-refractivity contribution is 0.313. The molecule has 1 saturated heterocycles. The van der Waals surface area contributed by atoms with Gasteiger partial charge in [0.25, 0.3) is 5.56 Å². The molecule has 0 saturated carbocycles. The fraction of sp³-hybridized carbons (Fsp3) is 0.240. The summed E-state index contributed by atoms with van der Waals surface area (Å²) in [7, 11) is 3.78. The Labute approximate surface area is 212 Å². The monoisotopic (exact) mass is 510 g/mol. The van der Waals surface area contributed by atoms with Crippen LogP contribution in [0, 0.1) is 0 Å². The van der Waals surface area contributed by atoms with Crippen molar-refractivity contribution in [1.82, 2.24) is 19.4 Å². The Morgan fingerprint density at radius 1 is 0.971 bits per heavy atom. The molecule has 3 heterocycles. The number of piperazine rings is 1. The second kappa shape index (κ2) is 9.73. The molecule has 0 atom stereocenters. The van der Waals surface area contributed by atoms with Crippen molar-refractivity contribution in [3.8, 4) is 11.5 Å². The number of para-hydroxylation sites is 1. The number of likely N-dealkylation sites (N-methyl/N-ethyl adjacent to an activating group) is 1. The van der Waals surface area contributed by atoms with Crippen LogP contribution in [0.1, 0.15) is 0 Å². The Hall–Kier alpha value is -3.33. The van der Waals surface area contributed by atoms with Crippen LogP contribution in [-0.4, -0.2) is 52.7 Å². The number of benzene rings is 2. The van der Waals surface area contributed by atoms with Gasteiger partial charge in [-0.15, -0.1) is 0 Å². The molecular formula is C25H24Cl2N6O2. The van der Waals surface area contributed by atoms with Gasteiger partial charge in [0.2, 0.25) is 5.95 Å². The molecule has 10 heteroatoms. The lowest BCUT2D eigenvalue weighted by atomic mass is 10.2. The van der Waals surface area contributed by atoms with Gasteiger partial charge in [-0.2, -0.15) is 4.98 Å². The summed E-state index contributed by atoms with van der Waals surface area (Å²) in [5, 5.41) is 4.49. The zero-order chi connectivity index (χ0) is 24.5. The summed E-state index contributed by atoms with van der Waals surface area (Å²) < 4.78 is 7.19. The quantitative estimate of drug-likeness (QED) is 0.408. The highest BCUT2D eigenvalue weighted by atomic mass is 35.5. The average Bonchev–Trinajstić information content (AvgIpc) is 2.86. The Kier molecular flexibility index (Phi) is 6.51. The van der Waals surface area contributed by atoms with Gasteiger partial charge >= 0.3 is 0 Å². The number of nitrogens with one attached hydrogen (secondary N) is 1. The Morgan fingerprint density at radius 2 is 1.66 bits per heavy atom. The SMILES string of the molecule is CN1CCN(c2ccc(Nc3ncc4cc(Oc5c(Cl)cccc5Cl)c(=O)n(C)c4n3)cc2)CC1. The summed E-state index contributed by atoms with van der Waals surface area (Å²) in [6, 6.07) is 14.8. The molecule has 35 heavy (non-hydrogen) atoms. The van der Waals surface area contributed by atoms with Gasteiger partial charge in [-0.05, 0) is 49.5 Å². The van der Waals surface area contributed by atoms with E-state index in [1.807, 2.05) is 12.1 Å². The van der Waals surface area contributed by atoms with Gasteiger partial charge in [0.05, 0.1) is 10.0 Å². The molecule has 8 nitrogen and oxygen atoms in total. The van der Waals surface area contributed by atoms with Gasteiger partial charge in [0.1, 0.15) is 5.65 Å². The number of ether oxygens (including phenoxy) is 1. The van der Waals surface area contributed by atoms with Crippen molar-refractivity contribution in [2.75, 3.05) is 43.4 Å². The van der Waals surface area contributed by atoms with Crippen molar-refractivity contribution < 1.29 is 4.74 Å². The van der Waals surface area contributed by atoms with E-state index in [-0.39, 0.29) is 17.1 Å². The van der Waals surface area contributed by atoms with Gasteiger partial charge in [-0.3, -0.25) is 9.36 Å². The fourth-order valence-electron chi connectivity index (χ4n) is 3.99. The molecule has 0 radical (unpaired) electrons. The zero-order valence-electron chi connectivity index (χ0n) is 19.3. The van der Waals surface area contributed by atoms with E-state index in [2.05, 4.69) is 44.3 Å². The van der Waals surface area contributed by atoms with Crippen LogP contribution in [-0.2, 0) is 7.05 Å². The minimum atomic E-state index is -0.366. The van der Waals surface area contributed by atoms with Crippen molar-refractivity contribution in [1.29, 1.82) is 0 Å². The summed E-state index contributed by atoms with van der Waals surface area (Å²) in [5.74, 6) is 0.702. The molecule has 0 unspecified atom stereocenters. The summed E-state index contributed by atoms with van der Waals surface area (Å²) >= 11 is 12.4. The zero-order valence-corrected chi connectivity index (χ0v) is 20.8. The molecule has 4 aromatic rings. The van der Waals surface area contributed by atoms with Crippen LogP contribution in [0.4, 0.5) is 17.3 Å². The topological polar surface area (TPSA) is 75.5 Å². The lowest BCUT2D eigenvalue weighted by Crippen LogP contribution is -2.44. The number of halogens is 2. The first kappa shape index (κ1) is 23.4. The molecule has 0 aliphatic carbocycles. The highest BCUT2D eigenvalue weighted by Crippen LogP contribution is 2.35. The van der Waals surface area contributed by atoms with Crippen molar-refractivity contribution >= 4 is 51.6 Å². The summed E-state index contributed by atoms with van der Waals surface area (Å²) in [6.45, 7) is 4.14. The molecule has 0 amide bonds. The smallest absolute Gasteiger partial charge is 0.294 e. The first-order chi connectivity index (χ1) is 16.9. The maximum Gasteiger partial charge on any atom is 0.294 e. The van der Waals surface area contributed by atoms with E-state index in [9.17, 15) is 4.79 Å². The first-order valence-electron chi connectivity index (χ1n) is 11.2. The fourth-order valence-corrected chi connectivity index (χ4v) is 4.46. The number of pyridine rings is 1. The average molecular weight is 511 g/mol. The van der Waals surface area contributed by atoms with Crippen LogP contribution in [0.15, 0.2) is 59.5 Å². The number of fused-ring (bicyclic) bond motifs is 1. The molecule has 5 rings (SSSR count). The van der Waals surface area contributed by atoms with Crippen LogP contribution in [0.25, 0.3) is 11.0 Å². The number of rotatable bonds is 5. The second-order valence-electron chi connectivity index (χ2n) is 8.46. The molecular weight excluding hydrogens is 487 g/mol. The molecule has 1 fully saturated rings. The lowest BCUT2D eigenvalue weighted by Gasteiger charge is -2.34. The third kappa shape index (κ3) is 4.91. The molecule has 1 aliphatic rings. The molecule has 0 spiro atoms. The van der Waals surface area contributed by atoms with Gasteiger partial charge in [-0.25, -0.2) is 4.98 Å². The maximum atomic E-state index is 13.0. The highest BCUT2D eigenvalue weighted by Gasteiger charge is 2.16. The van der Waals surface area contributed by atoms with E-state index >= 15 is 0 Å². The van der Waals surface area contributed by atoms with Crippen LogP contribution >= 0.6 is 23.2 Å². The predicted molar refractivity (Wildman–Crippen MR) is 141 cm³/mol. The van der Waals surface area contributed by atoms with E-state index in [4.69, 9.17) is 27.9 Å². The third-order valence-electron chi connectivity index (χ3n) is 6.04. The Morgan fingerprint density at radius 3 is 2.34 bits per heavy atom. The molecule has 2 aromatic carbocycles.